The second-order valence-corrected chi connectivity index (χ2v) is 5.72. The Labute approximate surface area is 128 Å². The molecule has 2 aromatic rings. The molecule has 1 aromatic heterocycles. The van der Waals surface area contributed by atoms with E-state index in [4.69, 9.17) is 21.1 Å². The van der Waals surface area contributed by atoms with Gasteiger partial charge in [-0.15, -0.1) is 11.3 Å². The van der Waals surface area contributed by atoms with E-state index in [1.807, 2.05) is 19.2 Å². The molecule has 1 N–H and O–H groups in total. The van der Waals surface area contributed by atoms with Crippen molar-refractivity contribution >= 4 is 22.9 Å². The first kappa shape index (κ1) is 15.2. The maximum Gasteiger partial charge on any atom is 0.146 e. The molecule has 0 amide bonds. The second kappa shape index (κ2) is 6.48. The quantitative estimate of drug-likeness (QED) is 0.904. The topological polar surface area (TPSA) is 30.5 Å². The van der Waals surface area contributed by atoms with E-state index in [1.54, 1.807) is 25.6 Å². The SMILES string of the molecule is CNC(c1ccc(OC)c(Cl)c1OC)c1sccc1C. The summed E-state index contributed by atoms with van der Waals surface area (Å²) in [4.78, 5) is 1.26. The van der Waals surface area contributed by atoms with Crippen LogP contribution in [0.15, 0.2) is 23.6 Å². The fraction of sp³-hybridized carbons (Fsp3) is 0.333. The molecule has 0 aliphatic carbocycles. The summed E-state index contributed by atoms with van der Waals surface area (Å²) in [6.45, 7) is 2.10. The molecule has 0 aliphatic heterocycles. The average molecular weight is 312 g/mol. The Morgan fingerprint density at radius 1 is 1.20 bits per heavy atom. The molecular weight excluding hydrogens is 294 g/mol. The number of thiophene rings is 1. The predicted molar refractivity (Wildman–Crippen MR) is 84.5 cm³/mol. The Bertz CT molecular complexity index is 598. The highest BCUT2D eigenvalue weighted by molar-refractivity contribution is 7.10. The van der Waals surface area contributed by atoms with Crippen molar-refractivity contribution in [1.82, 2.24) is 5.32 Å². The molecule has 108 valence electrons. The third-order valence-electron chi connectivity index (χ3n) is 3.28. The molecule has 0 fully saturated rings. The van der Waals surface area contributed by atoms with Crippen LogP contribution in [0.1, 0.15) is 22.0 Å². The molecule has 2 rings (SSSR count). The fourth-order valence-electron chi connectivity index (χ4n) is 2.25. The third-order valence-corrected chi connectivity index (χ3v) is 4.72. The zero-order chi connectivity index (χ0) is 14.7. The molecule has 0 aliphatic rings. The van der Waals surface area contributed by atoms with Crippen molar-refractivity contribution in [3.63, 3.8) is 0 Å². The van der Waals surface area contributed by atoms with Gasteiger partial charge >= 0.3 is 0 Å². The van der Waals surface area contributed by atoms with Crippen LogP contribution in [-0.2, 0) is 0 Å². The number of ether oxygens (including phenoxy) is 2. The summed E-state index contributed by atoms with van der Waals surface area (Å²) in [6, 6.07) is 6.02. The van der Waals surface area contributed by atoms with Crippen LogP contribution in [-0.4, -0.2) is 21.3 Å². The van der Waals surface area contributed by atoms with Crippen molar-refractivity contribution < 1.29 is 9.47 Å². The molecule has 0 saturated carbocycles. The highest BCUT2D eigenvalue weighted by Gasteiger charge is 2.22. The second-order valence-electron chi connectivity index (χ2n) is 4.39. The Balaban J connectivity index is 2.56. The summed E-state index contributed by atoms with van der Waals surface area (Å²) in [7, 11) is 5.15. The van der Waals surface area contributed by atoms with Gasteiger partial charge in [-0.05, 0) is 43.1 Å². The summed E-state index contributed by atoms with van der Waals surface area (Å²) in [5, 5.41) is 5.92. The van der Waals surface area contributed by atoms with E-state index in [2.05, 4.69) is 23.7 Å². The number of rotatable bonds is 5. The summed E-state index contributed by atoms with van der Waals surface area (Å²) < 4.78 is 10.7. The summed E-state index contributed by atoms with van der Waals surface area (Å²) in [6.07, 6.45) is 0. The first-order valence-electron chi connectivity index (χ1n) is 6.25. The number of methoxy groups -OCH3 is 2. The Morgan fingerprint density at radius 3 is 2.45 bits per heavy atom. The highest BCUT2D eigenvalue weighted by atomic mass is 35.5. The molecule has 5 heteroatoms. The van der Waals surface area contributed by atoms with Crippen LogP contribution in [0.5, 0.6) is 11.5 Å². The summed E-state index contributed by atoms with van der Waals surface area (Å²) in [5.74, 6) is 1.27. The van der Waals surface area contributed by atoms with E-state index in [1.165, 1.54) is 10.4 Å². The maximum absolute atomic E-state index is 6.34. The van der Waals surface area contributed by atoms with Crippen LogP contribution in [0.2, 0.25) is 5.02 Å². The zero-order valence-corrected chi connectivity index (χ0v) is 13.6. The smallest absolute Gasteiger partial charge is 0.146 e. The standard InChI is InChI=1S/C15H18ClNO2S/c1-9-7-8-20-15(9)13(17-2)10-5-6-11(18-3)12(16)14(10)19-4/h5-8,13,17H,1-4H3. The largest absolute Gasteiger partial charge is 0.495 e. The lowest BCUT2D eigenvalue weighted by Gasteiger charge is -2.21. The number of benzene rings is 1. The maximum atomic E-state index is 6.34. The van der Waals surface area contributed by atoms with Gasteiger partial charge in [-0.3, -0.25) is 0 Å². The first-order chi connectivity index (χ1) is 9.63. The number of nitrogens with one attached hydrogen (secondary N) is 1. The van der Waals surface area contributed by atoms with Crippen molar-refractivity contribution in [1.29, 1.82) is 0 Å². The van der Waals surface area contributed by atoms with Crippen molar-refractivity contribution in [2.45, 2.75) is 13.0 Å². The van der Waals surface area contributed by atoms with E-state index < -0.39 is 0 Å². The van der Waals surface area contributed by atoms with E-state index in [0.717, 1.165) is 5.56 Å². The van der Waals surface area contributed by atoms with E-state index in [9.17, 15) is 0 Å². The van der Waals surface area contributed by atoms with E-state index >= 15 is 0 Å². The number of aryl methyl sites for hydroxylation is 1. The molecule has 1 aromatic carbocycles. The highest BCUT2D eigenvalue weighted by Crippen LogP contribution is 2.42. The van der Waals surface area contributed by atoms with Gasteiger partial charge in [0.25, 0.3) is 0 Å². The minimum absolute atomic E-state index is 0.0494. The Kier molecular flexibility index (Phi) is 4.91. The molecule has 20 heavy (non-hydrogen) atoms. The lowest BCUT2D eigenvalue weighted by atomic mass is 10.0. The van der Waals surface area contributed by atoms with Gasteiger partial charge in [-0.25, -0.2) is 0 Å². The molecule has 0 bridgehead atoms. The molecule has 0 spiro atoms. The Morgan fingerprint density at radius 2 is 1.95 bits per heavy atom. The third kappa shape index (κ3) is 2.64. The van der Waals surface area contributed by atoms with Gasteiger partial charge < -0.3 is 14.8 Å². The van der Waals surface area contributed by atoms with Gasteiger partial charge in [0.15, 0.2) is 0 Å². The van der Waals surface area contributed by atoms with Crippen molar-refractivity contribution in [3.05, 3.63) is 44.6 Å². The van der Waals surface area contributed by atoms with Crippen LogP contribution in [0, 0.1) is 6.92 Å². The first-order valence-corrected chi connectivity index (χ1v) is 7.51. The van der Waals surface area contributed by atoms with Crippen molar-refractivity contribution in [2.75, 3.05) is 21.3 Å². The molecule has 3 nitrogen and oxygen atoms in total. The lowest BCUT2D eigenvalue weighted by Crippen LogP contribution is -2.18. The van der Waals surface area contributed by atoms with Crippen molar-refractivity contribution in [2.24, 2.45) is 0 Å². The van der Waals surface area contributed by atoms with Gasteiger partial charge in [0.05, 0.1) is 20.3 Å². The van der Waals surface area contributed by atoms with Crippen molar-refractivity contribution in [3.8, 4) is 11.5 Å². The van der Waals surface area contributed by atoms with Gasteiger partial charge in [-0.1, -0.05) is 11.6 Å². The van der Waals surface area contributed by atoms with E-state index in [-0.39, 0.29) is 6.04 Å². The fourth-order valence-corrected chi connectivity index (χ4v) is 3.63. The van der Waals surface area contributed by atoms with Gasteiger partial charge in [0, 0.05) is 10.4 Å². The van der Waals surface area contributed by atoms with Crippen LogP contribution < -0.4 is 14.8 Å². The van der Waals surface area contributed by atoms with Crippen LogP contribution in [0.4, 0.5) is 0 Å². The summed E-state index contributed by atoms with van der Waals surface area (Å²) in [5.41, 5.74) is 2.26. The molecule has 0 radical (unpaired) electrons. The van der Waals surface area contributed by atoms with Crippen LogP contribution in [0.25, 0.3) is 0 Å². The zero-order valence-electron chi connectivity index (χ0n) is 12.0. The predicted octanol–water partition coefficient (Wildman–Crippen LogP) is 4.04. The van der Waals surface area contributed by atoms with Gasteiger partial charge in [0.1, 0.15) is 16.5 Å². The molecule has 1 heterocycles. The monoisotopic (exact) mass is 311 g/mol. The molecule has 0 saturated heterocycles. The number of halogens is 1. The average Bonchev–Trinajstić information content (AvgIpc) is 2.86. The Hall–Kier alpha value is -1.23. The van der Waals surface area contributed by atoms with Gasteiger partial charge in [0.2, 0.25) is 0 Å². The van der Waals surface area contributed by atoms with Crippen LogP contribution in [0.3, 0.4) is 0 Å². The molecule has 1 unspecified atom stereocenters. The minimum Gasteiger partial charge on any atom is -0.495 e. The number of hydrogen-bond donors (Lipinski definition) is 1. The minimum atomic E-state index is 0.0494. The lowest BCUT2D eigenvalue weighted by molar-refractivity contribution is 0.389. The van der Waals surface area contributed by atoms with Gasteiger partial charge in [-0.2, -0.15) is 0 Å². The molecule has 1 atom stereocenters. The summed E-state index contributed by atoms with van der Waals surface area (Å²) >= 11 is 8.06. The number of hydrogen-bond acceptors (Lipinski definition) is 4. The molecular formula is C15H18ClNO2S. The normalized spacial score (nSPS) is 12.2. The van der Waals surface area contributed by atoms with E-state index in [0.29, 0.717) is 16.5 Å². The van der Waals surface area contributed by atoms with Crippen LogP contribution >= 0.6 is 22.9 Å².